The lowest BCUT2D eigenvalue weighted by Gasteiger charge is -2.17. The summed E-state index contributed by atoms with van der Waals surface area (Å²) in [5.74, 6) is 0. The molecule has 0 amide bonds. The molecule has 6 rings (SSSR count). The fourth-order valence-corrected chi connectivity index (χ4v) is 5.77. The van der Waals surface area contributed by atoms with Crippen LogP contribution < -0.4 is 10.9 Å². The zero-order valence-corrected chi connectivity index (χ0v) is 21.2. The van der Waals surface area contributed by atoms with E-state index < -0.39 is 11.7 Å². The molecular formula is C31H23F3N2O2. The molecule has 0 aliphatic heterocycles. The van der Waals surface area contributed by atoms with Gasteiger partial charge in [-0.2, -0.15) is 13.2 Å². The van der Waals surface area contributed by atoms with Crippen molar-refractivity contribution in [2.45, 2.75) is 20.0 Å². The first kappa shape index (κ1) is 24.0. The summed E-state index contributed by atoms with van der Waals surface area (Å²) in [5, 5.41) is 1.83. The number of hydrogen-bond donors (Lipinski definition) is 0. The quantitative estimate of drug-likeness (QED) is 0.223. The molecule has 0 saturated heterocycles. The Kier molecular flexibility index (Phi) is 5.08. The highest BCUT2D eigenvalue weighted by atomic mass is 19.4. The van der Waals surface area contributed by atoms with Crippen molar-refractivity contribution in [3.8, 4) is 11.1 Å². The van der Waals surface area contributed by atoms with Gasteiger partial charge in [0, 0.05) is 35.6 Å². The molecule has 0 radical (unpaired) electrons. The summed E-state index contributed by atoms with van der Waals surface area (Å²) in [6.45, 7) is 3.90. The van der Waals surface area contributed by atoms with Crippen LogP contribution in [0.3, 0.4) is 0 Å². The standard InChI is InChI=1S/C31H23F3N2O2/c1-16-11-17(2)28-23(12-16)30(38)22-14-26-21(15-27(22)36(28)4)29(37)20-13-18(9-10-25(20)35(26)3)19-7-5-6-8-24(19)31(32,33)34/h5-15H,1-4H3. The van der Waals surface area contributed by atoms with Crippen molar-refractivity contribution in [3.05, 3.63) is 104 Å². The van der Waals surface area contributed by atoms with Crippen LogP contribution in [0.5, 0.6) is 0 Å². The fourth-order valence-electron chi connectivity index (χ4n) is 5.77. The minimum Gasteiger partial charge on any atom is -0.343 e. The van der Waals surface area contributed by atoms with E-state index in [1.807, 2.05) is 42.2 Å². The Morgan fingerprint density at radius 2 is 1.26 bits per heavy atom. The normalized spacial score (nSPS) is 12.3. The van der Waals surface area contributed by atoms with Crippen LogP contribution in [0.25, 0.3) is 54.7 Å². The number of aromatic nitrogens is 2. The highest BCUT2D eigenvalue weighted by molar-refractivity contribution is 6.04. The topological polar surface area (TPSA) is 44.0 Å². The molecule has 2 aromatic heterocycles. The van der Waals surface area contributed by atoms with E-state index in [4.69, 9.17) is 0 Å². The first-order chi connectivity index (χ1) is 18.0. The number of pyridine rings is 2. The van der Waals surface area contributed by atoms with Crippen LogP contribution in [-0.2, 0) is 20.3 Å². The van der Waals surface area contributed by atoms with E-state index in [9.17, 15) is 22.8 Å². The van der Waals surface area contributed by atoms with Crippen molar-refractivity contribution < 1.29 is 13.2 Å². The van der Waals surface area contributed by atoms with Crippen LogP contribution in [0.2, 0.25) is 0 Å². The predicted octanol–water partition coefficient (Wildman–Crippen LogP) is 7.00. The molecule has 4 aromatic carbocycles. The molecule has 4 nitrogen and oxygen atoms in total. The minimum atomic E-state index is -4.52. The predicted molar refractivity (Wildman–Crippen MR) is 147 cm³/mol. The van der Waals surface area contributed by atoms with E-state index in [1.165, 1.54) is 18.2 Å². The Balaban J connectivity index is 1.72. The number of fused-ring (bicyclic) bond motifs is 4. The maximum absolute atomic E-state index is 13.8. The van der Waals surface area contributed by atoms with Crippen LogP contribution >= 0.6 is 0 Å². The molecular weight excluding hydrogens is 489 g/mol. The van der Waals surface area contributed by atoms with Gasteiger partial charge >= 0.3 is 6.18 Å². The highest BCUT2D eigenvalue weighted by Crippen LogP contribution is 2.38. The number of halogens is 3. The van der Waals surface area contributed by atoms with E-state index in [0.717, 1.165) is 22.7 Å². The number of hydrogen-bond acceptors (Lipinski definition) is 2. The van der Waals surface area contributed by atoms with E-state index in [1.54, 1.807) is 37.4 Å². The summed E-state index contributed by atoms with van der Waals surface area (Å²) in [5.41, 5.74) is 3.70. The van der Waals surface area contributed by atoms with Crippen molar-refractivity contribution in [3.63, 3.8) is 0 Å². The molecule has 0 saturated carbocycles. The van der Waals surface area contributed by atoms with Gasteiger partial charge in [-0.25, -0.2) is 0 Å². The van der Waals surface area contributed by atoms with Gasteiger partial charge in [0.2, 0.25) is 0 Å². The molecule has 0 atom stereocenters. The fraction of sp³-hybridized carbons (Fsp3) is 0.161. The zero-order chi connectivity index (χ0) is 27.1. The van der Waals surface area contributed by atoms with Gasteiger partial charge in [-0.1, -0.05) is 30.3 Å². The van der Waals surface area contributed by atoms with Gasteiger partial charge in [0.25, 0.3) is 0 Å². The minimum absolute atomic E-state index is 0.0159. The number of benzene rings is 4. The van der Waals surface area contributed by atoms with Crippen molar-refractivity contribution in [1.82, 2.24) is 9.13 Å². The van der Waals surface area contributed by atoms with Gasteiger partial charge in [-0.3, -0.25) is 9.59 Å². The number of rotatable bonds is 1. The van der Waals surface area contributed by atoms with E-state index in [-0.39, 0.29) is 16.4 Å². The van der Waals surface area contributed by atoms with Crippen molar-refractivity contribution in [1.29, 1.82) is 0 Å². The molecule has 38 heavy (non-hydrogen) atoms. The highest BCUT2D eigenvalue weighted by Gasteiger charge is 2.33. The maximum Gasteiger partial charge on any atom is 0.417 e. The Hall–Kier alpha value is -4.39. The average Bonchev–Trinajstić information content (AvgIpc) is 2.88. The van der Waals surface area contributed by atoms with Crippen LogP contribution in [0.15, 0.2) is 76.3 Å². The van der Waals surface area contributed by atoms with E-state index in [2.05, 4.69) is 0 Å². The Morgan fingerprint density at radius 3 is 1.95 bits per heavy atom. The largest absolute Gasteiger partial charge is 0.417 e. The lowest BCUT2D eigenvalue weighted by atomic mass is 9.96. The summed E-state index contributed by atoms with van der Waals surface area (Å²) in [6, 6.07) is 17.5. The zero-order valence-electron chi connectivity index (χ0n) is 21.2. The lowest BCUT2D eigenvalue weighted by Crippen LogP contribution is -2.14. The molecule has 6 aromatic rings. The van der Waals surface area contributed by atoms with Gasteiger partial charge in [0.1, 0.15) is 0 Å². The smallest absolute Gasteiger partial charge is 0.343 e. The van der Waals surface area contributed by atoms with Crippen LogP contribution in [0.4, 0.5) is 13.2 Å². The van der Waals surface area contributed by atoms with Crippen molar-refractivity contribution >= 4 is 43.6 Å². The Bertz CT molecular complexity index is 2100. The molecule has 0 aliphatic rings. The molecule has 0 fully saturated rings. The summed E-state index contributed by atoms with van der Waals surface area (Å²) in [4.78, 5) is 27.4. The third-order valence-electron chi connectivity index (χ3n) is 7.50. The molecule has 0 N–H and O–H groups in total. The van der Waals surface area contributed by atoms with Crippen molar-refractivity contribution in [2.24, 2.45) is 14.1 Å². The van der Waals surface area contributed by atoms with Crippen molar-refractivity contribution in [2.75, 3.05) is 0 Å². The summed E-state index contributed by atoms with van der Waals surface area (Å²) in [6.07, 6.45) is -4.52. The maximum atomic E-state index is 13.8. The second-order valence-electron chi connectivity index (χ2n) is 9.92. The molecule has 7 heteroatoms. The Morgan fingerprint density at radius 1 is 0.658 bits per heavy atom. The molecule has 0 bridgehead atoms. The van der Waals surface area contributed by atoms with Gasteiger partial charge in [-0.05, 0) is 72.5 Å². The first-order valence-electron chi connectivity index (χ1n) is 12.1. The van der Waals surface area contributed by atoms with Gasteiger partial charge in [0.05, 0.1) is 27.6 Å². The summed E-state index contributed by atoms with van der Waals surface area (Å²) in [7, 11) is 3.66. The van der Waals surface area contributed by atoms with Gasteiger partial charge in [-0.15, -0.1) is 0 Å². The van der Waals surface area contributed by atoms with Crippen LogP contribution in [0.1, 0.15) is 16.7 Å². The van der Waals surface area contributed by atoms with Gasteiger partial charge < -0.3 is 9.13 Å². The first-order valence-corrected chi connectivity index (χ1v) is 12.1. The van der Waals surface area contributed by atoms with E-state index in [0.29, 0.717) is 43.7 Å². The Labute approximate surface area is 215 Å². The van der Waals surface area contributed by atoms with E-state index >= 15 is 0 Å². The number of alkyl halides is 3. The number of aryl methyl sites for hydroxylation is 4. The molecule has 0 spiro atoms. The molecule has 190 valence electrons. The second kappa shape index (κ2) is 8.05. The third kappa shape index (κ3) is 3.38. The van der Waals surface area contributed by atoms with Gasteiger partial charge in [0.15, 0.2) is 10.9 Å². The third-order valence-corrected chi connectivity index (χ3v) is 7.50. The second-order valence-corrected chi connectivity index (χ2v) is 9.92. The number of nitrogens with zero attached hydrogens (tertiary/aromatic N) is 2. The SMILES string of the molecule is Cc1cc(C)c2c(c1)c(=O)c1cc3c(cc1n2C)c(=O)c1cc(-c2ccccc2C(F)(F)F)ccc1n3C. The average molecular weight is 513 g/mol. The molecule has 0 unspecified atom stereocenters. The molecule has 0 aliphatic carbocycles. The van der Waals surface area contributed by atoms with Crippen LogP contribution in [-0.4, -0.2) is 9.13 Å². The lowest BCUT2D eigenvalue weighted by molar-refractivity contribution is -0.137. The van der Waals surface area contributed by atoms with Crippen LogP contribution in [0, 0.1) is 13.8 Å². The summed E-state index contributed by atoms with van der Waals surface area (Å²) < 4.78 is 44.8. The summed E-state index contributed by atoms with van der Waals surface area (Å²) >= 11 is 0. The monoisotopic (exact) mass is 512 g/mol. The molecule has 2 heterocycles.